The summed E-state index contributed by atoms with van der Waals surface area (Å²) in [4.78, 5) is 31.5. The lowest BCUT2D eigenvalue weighted by Crippen LogP contribution is -2.36. The third kappa shape index (κ3) is 13.1. The van der Waals surface area contributed by atoms with Crippen molar-refractivity contribution < 1.29 is 37.1 Å². The lowest BCUT2D eigenvalue weighted by Gasteiger charge is -2.28. The van der Waals surface area contributed by atoms with Crippen molar-refractivity contribution in [3.05, 3.63) is 196 Å². The van der Waals surface area contributed by atoms with Crippen molar-refractivity contribution in [3.8, 4) is 46.0 Å². The van der Waals surface area contributed by atoms with Crippen LogP contribution in [0.3, 0.4) is 0 Å². The van der Waals surface area contributed by atoms with Crippen molar-refractivity contribution >= 4 is 84.7 Å². The molecule has 84 heavy (non-hydrogen) atoms. The highest BCUT2D eigenvalue weighted by molar-refractivity contribution is 9.10. The Balaban J connectivity index is 0.000000161. The zero-order chi connectivity index (χ0) is 58.9. The van der Waals surface area contributed by atoms with Crippen LogP contribution in [0, 0.1) is 59.8 Å². The molecule has 2 fully saturated rings. The van der Waals surface area contributed by atoms with Gasteiger partial charge in [-0.3, -0.25) is 9.97 Å². The van der Waals surface area contributed by atoms with E-state index in [0.29, 0.717) is 117 Å². The quantitative estimate of drug-likeness (QED) is 0.0740. The number of nitrogens with one attached hydrogen (secondary N) is 2. The van der Waals surface area contributed by atoms with Crippen molar-refractivity contribution in [1.29, 1.82) is 10.5 Å². The summed E-state index contributed by atoms with van der Waals surface area (Å²) in [5.41, 5.74) is 9.37. The Morgan fingerprint density at radius 1 is 0.571 bits per heavy atom. The summed E-state index contributed by atoms with van der Waals surface area (Å²) in [7, 11) is -1.46. The van der Waals surface area contributed by atoms with Crippen LogP contribution in [-0.2, 0) is 9.47 Å². The molecule has 0 unspecified atom stereocenters. The predicted molar refractivity (Wildman–Crippen MR) is 319 cm³/mol. The topological polar surface area (TPSA) is 214 Å². The molecule has 12 rings (SSSR count). The minimum absolute atomic E-state index is 0.175. The van der Waals surface area contributed by atoms with Gasteiger partial charge in [-0.1, -0.05) is 36.4 Å². The van der Waals surface area contributed by atoms with Crippen molar-refractivity contribution in [1.82, 2.24) is 29.9 Å². The number of rotatable bonds is 10. The molecule has 4 aromatic carbocycles. The Morgan fingerprint density at radius 2 is 1.02 bits per heavy atom. The molecule has 0 amide bonds. The minimum atomic E-state index is -1.46. The fourth-order valence-corrected chi connectivity index (χ4v) is 9.90. The van der Waals surface area contributed by atoms with Gasteiger partial charge in [-0.2, -0.15) is 10.5 Å². The van der Waals surface area contributed by atoms with Crippen LogP contribution in [0.25, 0.3) is 55.7 Å². The van der Waals surface area contributed by atoms with Crippen molar-refractivity contribution in [3.63, 3.8) is 0 Å². The fourth-order valence-electron chi connectivity index (χ4n) is 9.58. The molecule has 8 heterocycles. The first-order valence-electron chi connectivity index (χ1n) is 26.4. The second kappa shape index (κ2) is 26.2. The minimum Gasteiger partial charge on any atom is -0.423 e. The number of hydrogen-bond donors (Lipinski definition) is 4. The largest absolute Gasteiger partial charge is 0.488 e. The first-order chi connectivity index (χ1) is 40.8. The van der Waals surface area contributed by atoms with Crippen LogP contribution < -0.4 is 25.9 Å². The Morgan fingerprint density at radius 3 is 1.48 bits per heavy atom. The number of ether oxygens (including phenoxy) is 2. The second-order valence-electron chi connectivity index (χ2n) is 19.3. The van der Waals surface area contributed by atoms with E-state index in [9.17, 15) is 14.0 Å². The Bertz CT molecular complexity index is 4100. The molecule has 6 aromatic heterocycles. The highest BCUT2D eigenvalue weighted by atomic mass is 79.9. The summed E-state index contributed by atoms with van der Waals surface area (Å²) in [6, 6.07) is 36.3. The van der Waals surface area contributed by atoms with Gasteiger partial charge in [-0.05, 0) is 89.3 Å². The van der Waals surface area contributed by atoms with Gasteiger partial charge in [0.15, 0.2) is 0 Å². The molecule has 420 valence electrons. The third-order valence-electron chi connectivity index (χ3n) is 13.9. The number of pyridine rings is 6. The van der Waals surface area contributed by atoms with Gasteiger partial charge in [-0.25, -0.2) is 37.5 Å². The molecule has 16 nitrogen and oxygen atoms in total. The summed E-state index contributed by atoms with van der Waals surface area (Å²) in [5.74, 6) is -1.27. The van der Waals surface area contributed by atoms with Crippen molar-refractivity contribution in [2.75, 3.05) is 73.0 Å². The molecular weight excluding hydrogens is 1140 g/mol. The lowest BCUT2D eigenvalue weighted by molar-refractivity contribution is 0.122. The molecule has 22 heteroatoms. The monoisotopic (exact) mass is 1190 g/mol. The number of morpholine rings is 2. The molecule has 0 aliphatic carbocycles. The Kier molecular flexibility index (Phi) is 18.0. The van der Waals surface area contributed by atoms with E-state index in [-0.39, 0.29) is 21.8 Å². The summed E-state index contributed by atoms with van der Waals surface area (Å²) in [5, 5.41) is 42.2. The van der Waals surface area contributed by atoms with E-state index in [4.69, 9.17) is 29.8 Å². The standard InChI is InChI=1S/C31H24F2N6O.C24H20BrF2N5O.C7H6BNO2/c1-19-30(25-4-2-3-9-35-25)38-27-15-22(32)14-24(33)29(27)31(19)37-26-16-28(39-10-12-40-13-11-39)36-18-23(26)21-7-5-20(17-34)6-8-21;1-14-23(18-4-2-3-5-28-18)31-20-11-15(26)10-17(27)22(20)24(14)30-19-12-21(29-13-16(19)25)32-6-8-33-9-7-32;9-5-6-1-3-7(4-2-6)8(10)11/h2-9,14-16,18H,10-13H2,1H3,(H,36,37,38);2-5,10-13H,6-9H2,1H3,(H,29,30,31);1-4,10-11H. The molecule has 2 aliphatic rings. The van der Waals surface area contributed by atoms with Gasteiger partial charge in [0.25, 0.3) is 0 Å². The van der Waals surface area contributed by atoms with Crippen LogP contribution in [0.2, 0.25) is 0 Å². The maximum absolute atomic E-state index is 15.4. The average Bonchev–Trinajstić information content (AvgIpc) is 2.81. The van der Waals surface area contributed by atoms with Crippen LogP contribution in [0.5, 0.6) is 0 Å². The van der Waals surface area contributed by atoms with Crippen LogP contribution >= 0.6 is 15.9 Å². The predicted octanol–water partition coefficient (Wildman–Crippen LogP) is 11.3. The number of halogens is 5. The maximum Gasteiger partial charge on any atom is 0.488 e. The van der Waals surface area contributed by atoms with Gasteiger partial charge in [0.05, 0.1) is 121 Å². The van der Waals surface area contributed by atoms with Crippen LogP contribution in [0.15, 0.2) is 151 Å². The molecule has 0 spiro atoms. The smallest absolute Gasteiger partial charge is 0.423 e. The summed E-state index contributed by atoms with van der Waals surface area (Å²) in [6.07, 6.45) is 6.79. The highest BCUT2D eigenvalue weighted by Crippen LogP contribution is 2.41. The normalized spacial score (nSPS) is 13.0. The zero-order valence-corrected chi connectivity index (χ0v) is 46.7. The molecule has 2 saturated heterocycles. The highest BCUT2D eigenvalue weighted by Gasteiger charge is 2.24. The SMILES string of the molecule is Cc1c(-c2ccccn2)nc2cc(F)cc(F)c2c1Nc1cc(N2CCOCC2)ncc1-c1ccc(C#N)cc1.Cc1c(-c2ccccn2)nc2cc(F)cc(F)c2c1Nc1cc(N2CCOCC2)ncc1Br.N#Cc1ccc(B(O)O)cc1. The van der Waals surface area contributed by atoms with E-state index in [1.807, 2.05) is 68.4 Å². The number of nitrogens with zero attached hydrogens (tertiary/aromatic N) is 10. The Hall–Kier alpha value is -9.42. The van der Waals surface area contributed by atoms with Gasteiger partial charge in [-0.15, -0.1) is 0 Å². The van der Waals surface area contributed by atoms with Gasteiger partial charge < -0.3 is 40.0 Å². The fraction of sp³-hybridized carbons (Fsp3) is 0.161. The number of nitriles is 2. The van der Waals surface area contributed by atoms with Gasteiger partial charge in [0.2, 0.25) is 0 Å². The van der Waals surface area contributed by atoms with Crippen LogP contribution in [-0.4, -0.2) is 99.7 Å². The molecule has 10 aromatic rings. The van der Waals surface area contributed by atoms with E-state index in [2.05, 4.69) is 67.4 Å². The third-order valence-corrected chi connectivity index (χ3v) is 14.5. The number of anilines is 6. The van der Waals surface area contributed by atoms with E-state index in [1.165, 1.54) is 36.4 Å². The number of fused-ring (bicyclic) bond motifs is 2. The lowest BCUT2D eigenvalue weighted by atomic mass is 9.80. The summed E-state index contributed by atoms with van der Waals surface area (Å²) >= 11 is 3.54. The van der Waals surface area contributed by atoms with Gasteiger partial charge in [0, 0.05) is 104 Å². The Labute approximate surface area is 489 Å². The van der Waals surface area contributed by atoms with E-state index < -0.39 is 30.4 Å². The molecule has 0 bridgehead atoms. The number of hydrogen-bond acceptors (Lipinski definition) is 16. The summed E-state index contributed by atoms with van der Waals surface area (Å²) in [6.45, 7) is 9.02. The maximum atomic E-state index is 15.4. The second-order valence-corrected chi connectivity index (χ2v) is 20.1. The molecule has 0 atom stereocenters. The van der Waals surface area contributed by atoms with Gasteiger partial charge in [0.1, 0.15) is 34.9 Å². The molecule has 2 aliphatic heterocycles. The average molecular weight is 1190 g/mol. The molecule has 0 saturated carbocycles. The van der Waals surface area contributed by atoms with E-state index >= 15 is 8.78 Å². The van der Waals surface area contributed by atoms with Crippen LogP contribution in [0.4, 0.5) is 51.9 Å². The van der Waals surface area contributed by atoms with E-state index in [0.717, 1.165) is 48.0 Å². The zero-order valence-electron chi connectivity index (χ0n) is 45.2. The van der Waals surface area contributed by atoms with Crippen molar-refractivity contribution in [2.45, 2.75) is 13.8 Å². The molecule has 4 N–H and O–H groups in total. The van der Waals surface area contributed by atoms with Crippen LogP contribution in [0.1, 0.15) is 22.3 Å². The number of benzene rings is 4. The first kappa shape index (κ1) is 57.8. The first-order valence-corrected chi connectivity index (χ1v) is 27.2. The number of aromatic nitrogens is 6. The van der Waals surface area contributed by atoms with Gasteiger partial charge >= 0.3 is 7.12 Å². The van der Waals surface area contributed by atoms with Crippen molar-refractivity contribution in [2.24, 2.45) is 0 Å². The molecule has 0 radical (unpaired) electrons. The molecular formula is C62H50BBrF4N12O4. The summed E-state index contributed by atoms with van der Waals surface area (Å²) < 4.78 is 70.5. The van der Waals surface area contributed by atoms with E-state index in [1.54, 1.807) is 49.1 Å².